The molecule has 0 amide bonds. The molecule has 0 aliphatic heterocycles. The van der Waals surface area contributed by atoms with Crippen molar-refractivity contribution in [3.63, 3.8) is 0 Å². The lowest BCUT2D eigenvalue weighted by Gasteiger charge is -2.12. The Bertz CT molecular complexity index is 634. The number of rotatable bonds is 4. The molecule has 1 aromatic carbocycles. The van der Waals surface area contributed by atoms with E-state index in [1.54, 1.807) is 12.1 Å². The monoisotopic (exact) mass is 363 g/mol. The predicted molar refractivity (Wildman–Crippen MR) is 71.1 cm³/mol. The maximum Gasteiger partial charge on any atom is 0.573 e. The number of aliphatic hydroxyl groups is 1. The van der Waals surface area contributed by atoms with E-state index in [9.17, 15) is 13.2 Å². The fourth-order valence-corrected chi connectivity index (χ4v) is 1.94. The largest absolute Gasteiger partial charge is 0.573 e. The molecule has 0 aliphatic carbocycles. The minimum Gasteiger partial charge on any atom is -0.439 e. The van der Waals surface area contributed by atoms with E-state index >= 15 is 0 Å². The van der Waals surface area contributed by atoms with E-state index in [2.05, 4.69) is 25.7 Å². The first kappa shape index (κ1) is 15.6. The molecule has 4 nitrogen and oxygen atoms in total. The van der Waals surface area contributed by atoms with Crippen molar-refractivity contribution in [2.24, 2.45) is 0 Å². The topological polar surface area (TPSA) is 51.6 Å². The number of pyridine rings is 1. The van der Waals surface area contributed by atoms with E-state index in [1.165, 1.54) is 18.3 Å². The van der Waals surface area contributed by atoms with Gasteiger partial charge in [0.2, 0.25) is 5.88 Å². The second kappa shape index (κ2) is 6.31. The number of hydrogen-bond acceptors (Lipinski definition) is 4. The SMILES string of the molecule is OCc1cccnc1Oc1ccc(OC(F)(F)F)c(Br)c1. The van der Waals surface area contributed by atoms with Crippen molar-refractivity contribution >= 4 is 15.9 Å². The normalized spacial score (nSPS) is 11.3. The minimum absolute atomic E-state index is 0.0822. The zero-order valence-corrected chi connectivity index (χ0v) is 12.0. The Kier molecular flexibility index (Phi) is 4.69. The molecule has 112 valence electrons. The van der Waals surface area contributed by atoms with Gasteiger partial charge in [-0.15, -0.1) is 13.2 Å². The molecule has 0 aliphatic rings. The van der Waals surface area contributed by atoms with Crippen molar-refractivity contribution in [2.75, 3.05) is 0 Å². The minimum atomic E-state index is -4.77. The third kappa shape index (κ3) is 4.33. The molecular weight excluding hydrogens is 355 g/mol. The molecule has 21 heavy (non-hydrogen) atoms. The van der Waals surface area contributed by atoms with Crippen LogP contribution in [-0.2, 0) is 6.61 Å². The van der Waals surface area contributed by atoms with Crippen LogP contribution in [0.1, 0.15) is 5.56 Å². The van der Waals surface area contributed by atoms with Gasteiger partial charge in [0, 0.05) is 11.8 Å². The Morgan fingerprint density at radius 3 is 2.62 bits per heavy atom. The van der Waals surface area contributed by atoms with Crippen LogP contribution in [0.3, 0.4) is 0 Å². The average Bonchev–Trinajstić information content (AvgIpc) is 2.41. The first-order valence-corrected chi connectivity index (χ1v) is 6.46. The van der Waals surface area contributed by atoms with Crippen LogP contribution in [0.5, 0.6) is 17.4 Å². The molecule has 0 saturated heterocycles. The standard InChI is InChI=1S/C13H9BrF3NO3/c14-10-6-9(3-4-11(10)21-13(15,16)17)20-12-8(7-19)2-1-5-18-12/h1-6,19H,7H2. The lowest BCUT2D eigenvalue weighted by molar-refractivity contribution is -0.274. The van der Waals surface area contributed by atoms with Gasteiger partial charge in [-0.2, -0.15) is 0 Å². The molecule has 8 heteroatoms. The van der Waals surface area contributed by atoms with Crippen LogP contribution in [0, 0.1) is 0 Å². The van der Waals surface area contributed by atoms with Gasteiger partial charge in [0.05, 0.1) is 11.1 Å². The molecule has 2 aromatic rings. The molecule has 0 bridgehead atoms. The average molecular weight is 364 g/mol. The van der Waals surface area contributed by atoms with Crippen LogP contribution in [0.15, 0.2) is 41.0 Å². The molecule has 2 rings (SSSR count). The molecule has 0 fully saturated rings. The van der Waals surface area contributed by atoms with E-state index in [1.807, 2.05) is 0 Å². The van der Waals surface area contributed by atoms with Gasteiger partial charge in [0.1, 0.15) is 11.5 Å². The molecule has 0 atom stereocenters. The predicted octanol–water partition coefficient (Wildman–Crippen LogP) is 4.03. The highest BCUT2D eigenvalue weighted by molar-refractivity contribution is 9.10. The van der Waals surface area contributed by atoms with Gasteiger partial charge in [-0.05, 0) is 46.3 Å². The highest BCUT2D eigenvalue weighted by Gasteiger charge is 2.32. The van der Waals surface area contributed by atoms with Gasteiger partial charge in [-0.1, -0.05) is 0 Å². The van der Waals surface area contributed by atoms with Gasteiger partial charge in [-0.25, -0.2) is 4.98 Å². The molecule has 0 saturated carbocycles. The van der Waals surface area contributed by atoms with E-state index in [0.717, 1.165) is 6.07 Å². The van der Waals surface area contributed by atoms with Crippen molar-refractivity contribution in [2.45, 2.75) is 13.0 Å². The summed E-state index contributed by atoms with van der Waals surface area (Å²) < 4.78 is 45.8. The molecule has 0 radical (unpaired) electrons. The van der Waals surface area contributed by atoms with E-state index in [-0.39, 0.29) is 28.5 Å². The smallest absolute Gasteiger partial charge is 0.439 e. The van der Waals surface area contributed by atoms with Crippen LogP contribution in [0.2, 0.25) is 0 Å². The van der Waals surface area contributed by atoms with E-state index in [4.69, 9.17) is 9.84 Å². The van der Waals surface area contributed by atoms with Crippen molar-refractivity contribution in [3.05, 3.63) is 46.6 Å². The molecule has 0 unspecified atom stereocenters. The zero-order valence-electron chi connectivity index (χ0n) is 10.4. The van der Waals surface area contributed by atoms with Crippen LogP contribution in [-0.4, -0.2) is 16.5 Å². The molecule has 1 heterocycles. The molecular formula is C13H9BrF3NO3. The number of halogens is 4. The Labute approximate surface area is 126 Å². The van der Waals surface area contributed by atoms with E-state index in [0.29, 0.717) is 5.56 Å². The van der Waals surface area contributed by atoms with Crippen molar-refractivity contribution < 1.29 is 27.8 Å². The summed E-state index contributed by atoms with van der Waals surface area (Å²) in [5, 5.41) is 9.15. The Balaban J connectivity index is 2.21. The lowest BCUT2D eigenvalue weighted by Crippen LogP contribution is -2.17. The summed E-state index contributed by atoms with van der Waals surface area (Å²) in [5.74, 6) is 0.0550. The highest BCUT2D eigenvalue weighted by Crippen LogP contribution is 2.34. The maximum atomic E-state index is 12.2. The number of hydrogen-bond donors (Lipinski definition) is 1. The van der Waals surface area contributed by atoms with Crippen molar-refractivity contribution in [1.29, 1.82) is 0 Å². The molecule has 0 spiro atoms. The summed E-state index contributed by atoms with van der Waals surface area (Å²) in [6.07, 6.45) is -3.29. The summed E-state index contributed by atoms with van der Waals surface area (Å²) in [5.41, 5.74) is 0.462. The van der Waals surface area contributed by atoms with Gasteiger partial charge in [0.25, 0.3) is 0 Å². The lowest BCUT2D eigenvalue weighted by atomic mass is 10.3. The van der Waals surface area contributed by atoms with Crippen molar-refractivity contribution in [3.8, 4) is 17.4 Å². The van der Waals surface area contributed by atoms with Crippen LogP contribution >= 0.6 is 15.9 Å². The van der Waals surface area contributed by atoms with Gasteiger partial charge >= 0.3 is 6.36 Å². The Morgan fingerprint density at radius 2 is 2.00 bits per heavy atom. The van der Waals surface area contributed by atoms with Gasteiger partial charge in [0.15, 0.2) is 0 Å². The second-order valence-electron chi connectivity index (χ2n) is 3.87. The molecule has 1 aromatic heterocycles. The summed E-state index contributed by atoms with van der Waals surface area (Å²) in [7, 11) is 0. The van der Waals surface area contributed by atoms with Crippen LogP contribution in [0.25, 0.3) is 0 Å². The second-order valence-corrected chi connectivity index (χ2v) is 4.72. The zero-order chi connectivity index (χ0) is 15.5. The van der Waals surface area contributed by atoms with Crippen LogP contribution in [0.4, 0.5) is 13.2 Å². The van der Waals surface area contributed by atoms with Crippen LogP contribution < -0.4 is 9.47 Å². The summed E-state index contributed by atoms with van der Waals surface area (Å²) in [6, 6.07) is 7.00. The number of ether oxygens (including phenoxy) is 2. The van der Waals surface area contributed by atoms with Gasteiger partial charge in [-0.3, -0.25) is 0 Å². The Morgan fingerprint density at radius 1 is 1.24 bits per heavy atom. The number of benzene rings is 1. The third-order valence-corrected chi connectivity index (χ3v) is 2.98. The maximum absolute atomic E-state index is 12.2. The highest BCUT2D eigenvalue weighted by atomic mass is 79.9. The Hall–Kier alpha value is -1.80. The number of nitrogens with zero attached hydrogens (tertiary/aromatic N) is 1. The number of alkyl halides is 3. The quantitative estimate of drug-likeness (QED) is 0.890. The fourth-order valence-electron chi connectivity index (χ4n) is 1.50. The summed E-state index contributed by atoms with van der Waals surface area (Å²) in [4.78, 5) is 3.95. The fraction of sp³-hybridized carbons (Fsp3) is 0.154. The first-order chi connectivity index (χ1) is 9.89. The molecule has 1 N–H and O–H groups in total. The summed E-state index contributed by atoms with van der Waals surface area (Å²) >= 11 is 2.97. The van der Waals surface area contributed by atoms with Crippen molar-refractivity contribution in [1.82, 2.24) is 4.98 Å². The van der Waals surface area contributed by atoms with Gasteiger partial charge < -0.3 is 14.6 Å². The summed E-state index contributed by atoms with van der Waals surface area (Å²) in [6.45, 7) is -0.264. The van der Waals surface area contributed by atoms with E-state index < -0.39 is 6.36 Å². The number of aromatic nitrogens is 1. The number of aliphatic hydroxyl groups excluding tert-OH is 1. The third-order valence-electron chi connectivity index (χ3n) is 2.36. The first-order valence-electron chi connectivity index (χ1n) is 5.67.